The van der Waals surface area contributed by atoms with Crippen molar-refractivity contribution in [3.05, 3.63) is 0 Å². The number of aliphatic hydroxyl groups excluding tert-OH is 1. The number of carbonyl (C=O) groups is 1. The number of nitrogens with one attached hydrogen (secondary N) is 2. The van der Waals surface area contributed by atoms with Gasteiger partial charge in [-0.05, 0) is 7.05 Å². The number of hydrogen-bond donors (Lipinski definition) is 3. The average Bonchev–Trinajstić information content (AvgIpc) is 3.01. The highest BCUT2D eigenvalue weighted by atomic mass is 16.6. The number of hydrogen-bond acceptors (Lipinski definition) is 6. The molecule has 7 heteroatoms. The summed E-state index contributed by atoms with van der Waals surface area (Å²) in [6.45, 7) is 2.19. The second-order valence-electron chi connectivity index (χ2n) is 3.60. The highest BCUT2D eigenvalue weighted by Gasteiger charge is 2.24. The molecule has 0 aliphatic carbocycles. The number of aliphatic hydroxyl groups is 1. The molecule has 1 unspecified atom stereocenters. The van der Waals surface area contributed by atoms with Crippen LogP contribution in [0.15, 0.2) is 0 Å². The third kappa shape index (κ3) is 6.70. The molecule has 0 radical (unpaired) electrons. The summed E-state index contributed by atoms with van der Waals surface area (Å²) >= 11 is 0. The van der Waals surface area contributed by atoms with E-state index in [0.29, 0.717) is 26.6 Å². The number of epoxide rings is 1. The number of amides is 1. The van der Waals surface area contributed by atoms with Gasteiger partial charge >= 0.3 is 0 Å². The van der Waals surface area contributed by atoms with Crippen LogP contribution in [0.3, 0.4) is 0 Å². The quantitative estimate of drug-likeness (QED) is 0.240. The van der Waals surface area contributed by atoms with Gasteiger partial charge < -0.3 is 19.9 Å². The highest BCUT2D eigenvalue weighted by Crippen LogP contribution is 2.03. The van der Waals surface area contributed by atoms with Gasteiger partial charge in [0.15, 0.2) is 6.23 Å². The lowest BCUT2D eigenvalue weighted by Crippen LogP contribution is -2.38. The first kappa shape index (κ1) is 13.3. The number of likely N-dealkylation sites (N-methyl/N-ethyl adjacent to an activating group) is 1. The lowest BCUT2D eigenvalue weighted by atomic mass is 10.5. The van der Waals surface area contributed by atoms with Crippen molar-refractivity contribution in [3.63, 3.8) is 0 Å². The molecule has 1 amide bonds. The Morgan fingerprint density at radius 2 is 2.44 bits per heavy atom. The smallest absolute Gasteiger partial charge is 0.236 e. The van der Waals surface area contributed by atoms with E-state index in [1.54, 1.807) is 11.9 Å². The fourth-order valence-corrected chi connectivity index (χ4v) is 1.07. The summed E-state index contributed by atoms with van der Waals surface area (Å²) in [5.41, 5.74) is 0. The van der Waals surface area contributed by atoms with Crippen LogP contribution in [0.2, 0.25) is 0 Å². The van der Waals surface area contributed by atoms with Gasteiger partial charge in [-0.15, -0.1) is 0 Å². The summed E-state index contributed by atoms with van der Waals surface area (Å²) in [6.07, 6.45) is -0.0898. The minimum absolute atomic E-state index is 0.0723. The van der Waals surface area contributed by atoms with E-state index in [-0.39, 0.29) is 25.3 Å². The van der Waals surface area contributed by atoms with Gasteiger partial charge in [-0.2, -0.15) is 0 Å². The molecule has 1 saturated heterocycles. The van der Waals surface area contributed by atoms with Crippen LogP contribution < -0.4 is 10.6 Å². The van der Waals surface area contributed by atoms with Crippen LogP contribution in [0.4, 0.5) is 0 Å². The third-order valence-corrected chi connectivity index (χ3v) is 1.87. The van der Waals surface area contributed by atoms with Crippen LogP contribution in [-0.4, -0.2) is 69.0 Å². The maximum Gasteiger partial charge on any atom is 0.236 e. The van der Waals surface area contributed by atoms with Crippen molar-refractivity contribution in [1.29, 1.82) is 0 Å². The Hall–Kier alpha value is -0.730. The van der Waals surface area contributed by atoms with Crippen LogP contribution in [0, 0.1) is 0 Å². The minimum Gasteiger partial charge on any atom is -0.395 e. The van der Waals surface area contributed by atoms with Crippen LogP contribution in [0.1, 0.15) is 0 Å². The Bertz CT molecular complexity index is 211. The van der Waals surface area contributed by atoms with Crippen molar-refractivity contribution in [3.8, 4) is 0 Å². The molecule has 1 heterocycles. The number of nitrogens with zero attached hydrogens (tertiary/aromatic N) is 1. The maximum atomic E-state index is 11.3. The fraction of sp³-hybridized carbons (Fsp3) is 0.889. The van der Waals surface area contributed by atoms with Crippen molar-refractivity contribution >= 4 is 5.91 Å². The normalized spacial score (nSPS) is 18.8. The van der Waals surface area contributed by atoms with Gasteiger partial charge in [-0.3, -0.25) is 15.0 Å². The average molecular weight is 233 g/mol. The minimum atomic E-state index is -0.0898. The van der Waals surface area contributed by atoms with Gasteiger partial charge in [0.25, 0.3) is 0 Å². The molecular formula is C9H19N3O4. The molecule has 0 spiro atoms. The molecule has 7 nitrogen and oxygen atoms in total. The van der Waals surface area contributed by atoms with Crippen LogP contribution >= 0.6 is 0 Å². The highest BCUT2D eigenvalue weighted by molar-refractivity contribution is 5.78. The first-order valence-electron chi connectivity index (χ1n) is 5.21. The summed E-state index contributed by atoms with van der Waals surface area (Å²) in [4.78, 5) is 13.1. The largest absolute Gasteiger partial charge is 0.395 e. The van der Waals surface area contributed by atoms with E-state index in [1.165, 1.54) is 0 Å². The molecule has 1 aliphatic rings. The Kier molecular flexibility index (Phi) is 6.27. The lowest BCUT2D eigenvalue weighted by molar-refractivity contribution is -0.123. The van der Waals surface area contributed by atoms with Crippen molar-refractivity contribution in [1.82, 2.24) is 15.5 Å². The molecule has 1 rings (SSSR count). The Morgan fingerprint density at radius 1 is 1.69 bits per heavy atom. The zero-order valence-electron chi connectivity index (χ0n) is 9.44. The number of ether oxygens (including phenoxy) is 2. The van der Waals surface area contributed by atoms with E-state index in [2.05, 4.69) is 10.6 Å². The molecule has 1 aliphatic heterocycles. The summed E-state index contributed by atoms with van der Waals surface area (Å²) in [5.74, 6) is -0.0723. The van der Waals surface area contributed by atoms with E-state index in [4.69, 9.17) is 14.6 Å². The van der Waals surface area contributed by atoms with E-state index < -0.39 is 0 Å². The SMILES string of the molecule is CN(COCNCCO)CC(=O)NC1CO1. The second kappa shape index (κ2) is 7.53. The summed E-state index contributed by atoms with van der Waals surface area (Å²) in [6, 6.07) is 0. The first-order valence-corrected chi connectivity index (χ1v) is 5.21. The van der Waals surface area contributed by atoms with Gasteiger partial charge in [-0.25, -0.2) is 0 Å². The van der Waals surface area contributed by atoms with Crippen molar-refractivity contribution in [2.45, 2.75) is 6.23 Å². The number of rotatable bonds is 9. The third-order valence-electron chi connectivity index (χ3n) is 1.87. The number of carbonyl (C=O) groups excluding carboxylic acids is 1. The lowest BCUT2D eigenvalue weighted by Gasteiger charge is -2.16. The van der Waals surface area contributed by atoms with E-state index in [9.17, 15) is 4.79 Å². The zero-order valence-corrected chi connectivity index (χ0v) is 9.44. The Labute approximate surface area is 94.7 Å². The molecule has 3 N–H and O–H groups in total. The predicted molar refractivity (Wildman–Crippen MR) is 56.4 cm³/mol. The summed E-state index contributed by atoms with van der Waals surface area (Å²) in [5, 5.41) is 14.0. The van der Waals surface area contributed by atoms with Gasteiger partial charge in [-0.1, -0.05) is 0 Å². The van der Waals surface area contributed by atoms with E-state index >= 15 is 0 Å². The fourth-order valence-electron chi connectivity index (χ4n) is 1.07. The second-order valence-corrected chi connectivity index (χ2v) is 3.60. The van der Waals surface area contributed by atoms with Gasteiger partial charge in [0.1, 0.15) is 6.73 Å². The molecule has 94 valence electrons. The standard InChI is InChI=1S/C9H19N3O4/c1-12(7-15-6-10-2-3-13)4-8(14)11-9-5-16-9/h9-10,13H,2-7H2,1H3,(H,11,14). The molecule has 0 saturated carbocycles. The Balaban J connectivity index is 1.92. The summed E-state index contributed by atoms with van der Waals surface area (Å²) in [7, 11) is 1.79. The molecule has 0 aromatic carbocycles. The monoisotopic (exact) mass is 233 g/mol. The Morgan fingerprint density at radius 3 is 3.06 bits per heavy atom. The molecule has 0 aromatic heterocycles. The molecule has 1 fully saturated rings. The van der Waals surface area contributed by atoms with Gasteiger partial charge in [0, 0.05) is 6.54 Å². The van der Waals surface area contributed by atoms with E-state index in [0.717, 1.165) is 0 Å². The molecule has 16 heavy (non-hydrogen) atoms. The first-order chi connectivity index (χ1) is 7.72. The summed E-state index contributed by atoms with van der Waals surface area (Å²) < 4.78 is 10.1. The predicted octanol–water partition coefficient (Wildman–Crippen LogP) is -2.10. The van der Waals surface area contributed by atoms with Crippen LogP contribution in [-0.2, 0) is 14.3 Å². The molecule has 1 atom stereocenters. The maximum absolute atomic E-state index is 11.3. The zero-order chi connectivity index (χ0) is 11.8. The van der Waals surface area contributed by atoms with Crippen LogP contribution in [0.5, 0.6) is 0 Å². The topological polar surface area (TPSA) is 86.4 Å². The van der Waals surface area contributed by atoms with Gasteiger partial charge in [0.05, 0.1) is 26.5 Å². The van der Waals surface area contributed by atoms with Gasteiger partial charge in [0.2, 0.25) is 5.91 Å². The molecule has 0 bridgehead atoms. The van der Waals surface area contributed by atoms with Crippen molar-refractivity contribution in [2.24, 2.45) is 0 Å². The van der Waals surface area contributed by atoms with E-state index in [1.807, 2.05) is 0 Å². The molecular weight excluding hydrogens is 214 g/mol. The van der Waals surface area contributed by atoms with Crippen molar-refractivity contribution in [2.75, 3.05) is 46.8 Å². The van der Waals surface area contributed by atoms with Crippen LogP contribution in [0.25, 0.3) is 0 Å². The molecule has 0 aromatic rings. The van der Waals surface area contributed by atoms with Crippen molar-refractivity contribution < 1.29 is 19.4 Å².